The van der Waals surface area contributed by atoms with Crippen LogP contribution in [-0.2, 0) is 4.79 Å². The molecule has 19 heavy (non-hydrogen) atoms. The summed E-state index contributed by atoms with van der Waals surface area (Å²) < 4.78 is 26.1. The summed E-state index contributed by atoms with van der Waals surface area (Å²) in [5, 5.41) is 4.39. The van der Waals surface area contributed by atoms with Gasteiger partial charge in [-0.05, 0) is 18.2 Å². The lowest BCUT2D eigenvalue weighted by Gasteiger charge is -2.05. The minimum absolute atomic E-state index is 0.0154. The molecule has 1 aromatic carbocycles. The van der Waals surface area contributed by atoms with E-state index in [1.165, 1.54) is 6.08 Å². The summed E-state index contributed by atoms with van der Waals surface area (Å²) in [5.41, 5.74) is 0. The highest BCUT2D eigenvalue weighted by Gasteiger charge is 2.10. The molecular weight excluding hydrogens is 274 g/mol. The lowest BCUT2D eigenvalue weighted by atomic mass is 10.3. The third kappa shape index (κ3) is 5.52. The summed E-state index contributed by atoms with van der Waals surface area (Å²) in [4.78, 5) is 22.5. The van der Waals surface area contributed by atoms with Crippen LogP contribution in [0.1, 0.15) is 0 Å². The molecule has 4 nitrogen and oxygen atoms in total. The minimum atomic E-state index is -0.662. The van der Waals surface area contributed by atoms with Gasteiger partial charge >= 0.3 is 6.03 Å². The van der Waals surface area contributed by atoms with Crippen LogP contribution in [0.5, 0.6) is 0 Å². The van der Waals surface area contributed by atoms with Gasteiger partial charge in [-0.1, -0.05) is 6.08 Å². The predicted octanol–water partition coefficient (Wildman–Crippen LogP) is 2.07. The molecule has 7 heteroatoms. The first-order chi connectivity index (χ1) is 9.02. The second-order valence-corrected chi connectivity index (χ2v) is 4.43. The summed E-state index contributed by atoms with van der Waals surface area (Å²) in [7, 11) is 0. The summed E-state index contributed by atoms with van der Waals surface area (Å²) in [6, 6.07) is 2.30. The molecule has 0 aliphatic heterocycles. The average molecular weight is 286 g/mol. The van der Waals surface area contributed by atoms with Gasteiger partial charge in [0.25, 0.3) is 0 Å². The molecule has 0 heterocycles. The van der Waals surface area contributed by atoms with Gasteiger partial charge < -0.3 is 5.32 Å². The largest absolute Gasteiger partial charge is 0.334 e. The summed E-state index contributed by atoms with van der Waals surface area (Å²) in [6.45, 7) is 3.62. The zero-order valence-electron chi connectivity index (χ0n) is 9.91. The van der Waals surface area contributed by atoms with Crippen molar-refractivity contribution >= 4 is 23.7 Å². The van der Waals surface area contributed by atoms with E-state index in [-0.39, 0.29) is 17.2 Å². The Bertz CT molecular complexity index is 495. The van der Waals surface area contributed by atoms with Crippen molar-refractivity contribution in [3.63, 3.8) is 0 Å². The number of amides is 3. The molecule has 102 valence electrons. The van der Waals surface area contributed by atoms with Gasteiger partial charge in [0.1, 0.15) is 11.6 Å². The van der Waals surface area contributed by atoms with Crippen molar-refractivity contribution in [1.82, 2.24) is 10.6 Å². The van der Waals surface area contributed by atoms with Gasteiger partial charge in [0.2, 0.25) is 5.91 Å². The fourth-order valence-electron chi connectivity index (χ4n) is 1.10. The number of imide groups is 1. The van der Waals surface area contributed by atoms with Gasteiger partial charge in [-0.3, -0.25) is 10.1 Å². The molecule has 2 N–H and O–H groups in total. The quantitative estimate of drug-likeness (QED) is 0.643. The van der Waals surface area contributed by atoms with Gasteiger partial charge in [0.15, 0.2) is 0 Å². The second kappa shape index (κ2) is 7.52. The molecule has 0 saturated carbocycles. The molecule has 0 fully saturated rings. The standard InChI is InChI=1S/C12H12F2N2O2S/c1-2-5-15-12(18)16-11(17)7-19-10-6-8(13)3-4-9(10)14/h2-4,6H,1,5,7H2,(H2,15,16,17,18). The third-order valence-corrected chi connectivity index (χ3v) is 2.94. The Morgan fingerprint density at radius 2 is 2.11 bits per heavy atom. The Kier molecular flexibility index (Phi) is 6.01. The average Bonchev–Trinajstić information content (AvgIpc) is 2.37. The Balaban J connectivity index is 2.43. The van der Waals surface area contributed by atoms with E-state index in [0.717, 1.165) is 30.0 Å². The maximum atomic E-state index is 13.2. The molecule has 0 atom stereocenters. The van der Waals surface area contributed by atoms with E-state index in [9.17, 15) is 18.4 Å². The topological polar surface area (TPSA) is 58.2 Å². The van der Waals surface area contributed by atoms with E-state index in [1.54, 1.807) is 0 Å². The molecule has 0 aliphatic carbocycles. The van der Waals surface area contributed by atoms with E-state index in [0.29, 0.717) is 0 Å². The van der Waals surface area contributed by atoms with Crippen LogP contribution in [-0.4, -0.2) is 24.2 Å². The Morgan fingerprint density at radius 3 is 2.79 bits per heavy atom. The molecule has 1 aromatic rings. The zero-order valence-corrected chi connectivity index (χ0v) is 10.7. The van der Waals surface area contributed by atoms with Crippen molar-refractivity contribution in [2.45, 2.75) is 4.90 Å². The number of thioether (sulfide) groups is 1. The SMILES string of the molecule is C=CCNC(=O)NC(=O)CSc1cc(F)ccc1F. The minimum Gasteiger partial charge on any atom is -0.334 e. The van der Waals surface area contributed by atoms with Crippen LogP contribution in [0.25, 0.3) is 0 Å². The Labute approximate surface area is 113 Å². The van der Waals surface area contributed by atoms with Crippen LogP contribution in [0.4, 0.5) is 13.6 Å². The lowest BCUT2D eigenvalue weighted by Crippen LogP contribution is -2.40. The fourth-order valence-corrected chi connectivity index (χ4v) is 1.86. The highest BCUT2D eigenvalue weighted by molar-refractivity contribution is 8.00. The van der Waals surface area contributed by atoms with Crippen LogP contribution in [0.15, 0.2) is 35.7 Å². The van der Waals surface area contributed by atoms with E-state index in [1.807, 2.05) is 5.32 Å². The van der Waals surface area contributed by atoms with Crippen LogP contribution in [0.3, 0.4) is 0 Å². The molecule has 0 saturated heterocycles. The smallest absolute Gasteiger partial charge is 0.321 e. The number of carbonyl (C=O) groups is 2. The Morgan fingerprint density at radius 1 is 1.37 bits per heavy atom. The maximum Gasteiger partial charge on any atom is 0.321 e. The van der Waals surface area contributed by atoms with Crippen LogP contribution >= 0.6 is 11.8 Å². The van der Waals surface area contributed by atoms with Gasteiger partial charge in [0.05, 0.1) is 5.75 Å². The predicted molar refractivity (Wildman–Crippen MR) is 68.8 cm³/mol. The number of rotatable bonds is 5. The third-order valence-electron chi connectivity index (χ3n) is 1.91. The zero-order chi connectivity index (χ0) is 14.3. The van der Waals surface area contributed by atoms with Gasteiger partial charge in [-0.2, -0.15) is 0 Å². The molecule has 0 bridgehead atoms. The number of hydrogen-bond acceptors (Lipinski definition) is 3. The number of carbonyl (C=O) groups excluding carboxylic acids is 2. The molecule has 0 aromatic heterocycles. The molecular formula is C12H12F2N2O2S. The lowest BCUT2D eigenvalue weighted by molar-refractivity contribution is -0.117. The molecule has 3 amide bonds. The van der Waals surface area contributed by atoms with Crippen LogP contribution in [0, 0.1) is 11.6 Å². The molecule has 1 rings (SSSR count). The van der Waals surface area contributed by atoms with Crippen molar-refractivity contribution in [1.29, 1.82) is 0 Å². The number of nitrogens with one attached hydrogen (secondary N) is 2. The number of halogens is 2. The molecule has 0 radical (unpaired) electrons. The van der Waals surface area contributed by atoms with Gasteiger partial charge in [0, 0.05) is 11.4 Å². The second-order valence-electron chi connectivity index (χ2n) is 3.41. The van der Waals surface area contributed by atoms with Gasteiger partial charge in [-0.25, -0.2) is 13.6 Å². The highest BCUT2D eigenvalue weighted by Crippen LogP contribution is 2.22. The highest BCUT2D eigenvalue weighted by atomic mass is 32.2. The van der Waals surface area contributed by atoms with Crippen molar-refractivity contribution < 1.29 is 18.4 Å². The van der Waals surface area contributed by atoms with E-state index >= 15 is 0 Å². The molecule has 0 unspecified atom stereocenters. The van der Waals surface area contributed by atoms with Crippen molar-refractivity contribution in [3.05, 3.63) is 42.5 Å². The van der Waals surface area contributed by atoms with E-state index in [4.69, 9.17) is 0 Å². The normalized spacial score (nSPS) is 9.79. The Hall–Kier alpha value is -1.89. The maximum absolute atomic E-state index is 13.2. The molecule has 0 aliphatic rings. The number of urea groups is 1. The fraction of sp³-hybridized carbons (Fsp3) is 0.167. The molecule has 0 spiro atoms. The van der Waals surface area contributed by atoms with E-state index in [2.05, 4.69) is 11.9 Å². The first-order valence-electron chi connectivity index (χ1n) is 5.29. The van der Waals surface area contributed by atoms with Crippen LogP contribution < -0.4 is 10.6 Å². The first kappa shape index (κ1) is 15.2. The summed E-state index contributed by atoms with van der Waals surface area (Å²) >= 11 is 0.808. The first-order valence-corrected chi connectivity index (χ1v) is 6.28. The monoisotopic (exact) mass is 286 g/mol. The van der Waals surface area contributed by atoms with Crippen molar-refractivity contribution in [2.24, 2.45) is 0 Å². The van der Waals surface area contributed by atoms with Gasteiger partial charge in [-0.15, -0.1) is 18.3 Å². The number of hydrogen-bond donors (Lipinski definition) is 2. The van der Waals surface area contributed by atoms with E-state index < -0.39 is 23.6 Å². The summed E-state index contributed by atoms with van der Waals surface area (Å²) in [5.74, 6) is -2.00. The van der Waals surface area contributed by atoms with Crippen LogP contribution in [0.2, 0.25) is 0 Å². The summed E-state index contributed by atoms with van der Waals surface area (Å²) in [6.07, 6.45) is 1.46. The van der Waals surface area contributed by atoms with Crippen molar-refractivity contribution in [2.75, 3.05) is 12.3 Å². The van der Waals surface area contributed by atoms with Crippen molar-refractivity contribution in [3.8, 4) is 0 Å². The number of benzene rings is 1.